The van der Waals surface area contributed by atoms with Crippen LogP contribution in [0.5, 0.6) is 0 Å². The third kappa shape index (κ3) is 5.15. The Hall–Kier alpha value is -2.86. The Labute approximate surface area is 175 Å². The van der Waals surface area contributed by atoms with Crippen molar-refractivity contribution in [2.24, 2.45) is 5.92 Å². The SMILES string of the molecule is CCNC(=O)C1CCN(C(=O)c2ccc(NC(=O)c3ccccc3Cl)cc2)CC1. The summed E-state index contributed by atoms with van der Waals surface area (Å²) < 4.78 is 0. The molecule has 2 aromatic rings. The van der Waals surface area contributed by atoms with Crippen LogP contribution in [0.15, 0.2) is 48.5 Å². The van der Waals surface area contributed by atoms with E-state index in [1.165, 1.54) is 0 Å². The minimum Gasteiger partial charge on any atom is -0.356 e. The highest BCUT2D eigenvalue weighted by atomic mass is 35.5. The molecular formula is C22H24ClN3O3. The van der Waals surface area contributed by atoms with Crippen molar-refractivity contribution in [3.8, 4) is 0 Å². The molecule has 0 aliphatic carbocycles. The molecule has 0 spiro atoms. The molecule has 152 valence electrons. The van der Waals surface area contributed by atoms with Gasteiger partial charge in [-0.3, -0.25) is 14.4 Å². The molecule has 2 aromatic carbocycles. The fraction of sp³-hybridized carbons (Fsp3) is 0.318. The number of anilines is 1. The molecule has 0 unspecified atom stereocenters. The van der Waals surface area contributed by atoms with Gasteiger partial charge in [-0.15, -0.1) is 0 Å². The zero-order valence-electron chi connectivity index (χ0n) is 16.3. The summed E-state index contributed by atoms with van der Waals surface area (Å²) in [6.07, 6.45) is 1.34. The molecule has 29 heavy (non-hydrogen) atoms. The maximum absolute atomic E-state index is 12.7. The van der Waals surface area contributed by atoms with E-state index in [9.17, 15) is 14.4 Å². The van der Waals surface area contributed by atoms with Gasteiger partial charge in [0.05, 0.1) is 10.6 Å². The molecule has 1 aliphatic heterocycles. The molecule has 6 nitrogen and oxygen atoms in total. The summed E-state index contributed by atoms with van der Waals surface area (Å²) in [5, 5.41) is 6.01. The number of benzene rings is 2. The molecule has 1 aliphatic rings. The van der Waals surface area contributed by atoms with E-state index < -0.39 is 0 Å². The number of carbonyl (C=O) groups excluding carboxylic acids is 3. The third-order valence-corrected chi connectivity index (χ3v) is 5.34. The number of hydrogen-bond acceptors (Lipinski definition) is 3. The topological polar surface area (TPSA) is 78.5 Å². The summed E-state index contributed by atoms with van der Waals surface area (Å²) in [4.78, 5) is 38.8. The largest absolute Gasteiger partial charge is 0.356 e. The van der Waals surface area contributed by atoms with Gasteiger partial charge in [-0.2, -0.15) is 0 Å². The second kappa shape index (κ2) is 9.56. The lowest BCUT2D eigenvalue weighted by Crippen LogP contribution is -2.43. The highest BCUT2D eigenvalue weighted by Crippen LogP contribution is 2.21. The molecule has 1 heterocycles. The van der Waals surface area contributed by atoms with E-state index in [-0.39, 0.29) is 23.6 Å². The Morgan fingerprint density at radius 2 is 1.69 bits per heavy atom. The summed E-state index contributed by atoms with van der Waals surface area (Å²) in [5.74, 6) is -0.329. The number of carbonyl (C=O) groups is 3. The fourth-order valence-electron chi connectivity index (χ4n) is 3.39. The Morgan fingerprint density at radius 1 is 1.03 bits per heavy atom. The van der Waals surface area contributed by atoms with Gasteiger partial charge in [0.1, 0.15) is 0 Å². The molecule has 3 amide bonds. The first-order valence-electron chi connectivity index (χ1n) is 9.72. The first-order valence-corrected chi connectivity index (χ1v) is 10.1. The van der Waals surface area contributed by atoms with Crippen LogP contribution in [0.4, 0.5) is 5.69 Å². The fourth-order valence-corrected chi connectivity index (χ4v) is 3.61. The highest BCUT2D eigenvalue weighted by Gasteiger charge is 2.27. The van der Waals surface area contributed by atoms with Gasteiger partial charge in [0, 0.05) is 36.8 Å². The monoisotopic (exact) mass is 413 g/mol. The zero-order chi connectivity index (χ0) is 20.8. The number of nitrogens with one attached hydrogen (secondary N) is 2. The molecule has 3 rings (SSSR count). The Kier molecular flexibility index (Phi) is 6.88. The van der Waals surface area contributed by atoms with Crippen molar-refractivity contribution in [1.82, 2.24) is 10.2 Å². The predicted molar refractivity (Wildman–Crippen MR) is 113 cm³/mol. The molecule has 1 fully saturated rings. The number of piperidine rings is 1. The van der Waals surface area contributed by atoms with E-state index in [2.05, 4.69) is 10.6 Å². The maximum atomic E-state index is 12.7. The lowest BCUT2D eigenvalue weighted by Gasteiger charge is -2.31. The molecule has 0 radical (unpaired) electrons. The quantitative estimate of drug-likeness (QED) is 0.786. The summed E-state index contributed by atoms with van der Waals surface area (Å²) in [6, 6.07) is 13.6. The van der Waals surface area contributed by atoms with Crippen LogP contribution in [0.3, 0.4) is 0 Å². The van der Waals surface area contributed by atoms with Crippen molar-refractivity contribution in [3.63, 3.8) is 0 Å². The average Bonchev–Trinajstić information content (AvgIpc) is 2.74. The smallest absolute Gasteiger partial charge is 0.257 e. The highest BCUT2D eigenvalue weighted by molar-refractivity contribution is 6.34. The van der Waals surface area contributed by atoms with Gasteiger partial charge in [-0.1, -0.05) is 23.7 Å². The van der Waals surface area contributed by atoms with Crippen molar-refractivity contribution in [3.05, 3.63) is 64.7 Å². The minimum atomic E-state index is -0.304. The van der Waals surface area contributed by atoms with Crippen molar-refractivity contribution < 1.29 is 14.4 Å². The number of nitrogens with zero attached hydrogens (tertiary/aromatic N) is 1. The lowest BCUT2D eigenvalue weighted by molar-refractivity contribution is -0.126. The van der Waals surface area contributed by atoms with Gasteiger partial charge in [0.15, 0.2) is 0 Å². The van der Waals surface area contributed by atoms with Gasteiger partial charge in [0.25, 0.3) is 11.8 Å². The Bertz CT molecular complexity index is 890. The van der Waals surface area contributed by atoms with Crippen molar-refractivity contribution >= 4 is 35.0 Å². The maximum Gasteiger partial charge on any atom is 0.257 e. The molecular weight excluding hydrogens is 390 g/mol. The van der Waals surface area contributed by atoms with Crippen LogP contribution in [0.25, 0.3) is 0 Å². The summed E-state index contributed by atoms with van der Waals surface area (Å²) in [6.45, 7) is 3.64. The van der Waals surface area contributed by atoms with E-state index in [0.29, 0.717) is 54.3 Å². The summed E-state index contributed by atoms with van der Waals surface area (Å²) in [7, 11) is 0. The molecule has 0 saturated carbocycles. The van der Waals surface area contributed by atoms with Crippen molar-refractivity contribution in [2.75, 3.05) is 25.0 Å². The van der Waals surface area contributed by atoms with Crippen LogP contribution < -0.4 is 10.6 Å². The molecule has 1 saturated heterocycles. The minimum absolute atomic E-state index is 0.0265. The summed E-state index contributed by atoms with van der Waals surface area (Å²) in [5.41, 5.74) is 1.53. The number of amides is 3. The first-order chi connectivity index (χ1) is 14.0. The molecule has 2 N–H and O–H groups in total. The van der Waals surface area contributed by atoms with Crippen LogP contribution in [0, 0.1) is 5.92 Å². The lowest BCUT2D eigenvalue weighted by atomic mass is 9.95. The van der Waals surface area contributed by atoms with Gasteiger partial charge in [0.2, 0.25) is 5.91 Å². The van der Waals surface area contributed by atoms with Gasteiger partial charge < -0.3 is 15.5 Å². The molecule has 0 aromatic heterocycles. The van der Waals surface area contributed by atoms with Gasteiger partial charge in [-0.05, 0) is 56.2 Å². The zero-order valence-corrected chi connectivity index (χ0v) is 17.0. The van der Waals surface area contributed by atoms with Crippen LogP contribution in [-0.2, 0) is 4.79 Å². The molecule has 0 atom stereocenters. The van der Waals surface area contributed by atoms with E-state index in [1.807, 2.05) is 6.92 Å². The third-order valence-electron chi connectivity index (χ3n) is 5.01. The normalized spacial score (nSPS) is 14.3. The Morgan fingerprint density at radius 3 is 2.31 bits per heavy atom. The molecule has 0 bridgehead atoms. The Balaban J connectivity index is 1.57. The number of hydrogen-bond donors (Lipinski definition) is 2. The molecule has 7 heteroatoms. The number of rotatable bonds is 5. The van der Waals surface area contributed by atoms with E-state index in [4.69, 9.17) is 11.6 Å². The predicted octanol–water partition coefficient (Wildman–Crippen LogP) is 3.58. The average molecular weight is 414 g/mol. The van der Waals surface area contributed by atoms with Crippen LogP contribution >= 0.6 is 11.6 Å². The van der Waals surface area contributed by atoms with Gasteiger partial charge in [-0.25, -0.2) is 0 Å². The van der Waals surface area contributed by atoms with E-state index in [1.54, 1.807) is 53.4 Å². The summed E-state index contributed by atoms with van der Waals surface area (Å²) >= 11 is 6.05. The van der Waals surface area contributed by atoms with Crippen molar-refractivity contribution in [2.45, 2.75) is 19.8 Å². The van der Waals surface area contributed by atoms with Crippen molar-refractivity contribution in [1.29, 1.82) is 0 Å². The number of likely N-dealkylation sites (tertiary alicyclic amines) is 1. The standard InChI is InChI=1S/C22H24ClN3O3/c1-2-24-20(27)15-11-13-26(14-12-15)22(29)16-7-9-17(10-8-16)25-21(28)18-5-3-4-6-19(18)23/h3-10,15H,2,11-14H2,1H3,(H,24,27)(H,25,28). The van der Waals surface area contributed by atoms with Gasteiger partial charge >= 0.3 is 0 Å². The second-order valence-electron chi connectivity index (χ2n) is 6.97. The van der Waals surface area contributed by atoms with E-state index >= 15 is 0 Å². The number of halogens is 1. The van der Waals surface area contributed by atoms with E-state index in [0.717, 1.165) is 0 Å². The second-order valence-corrected chi connectivity index (χ2v) is 7.38. The van der Waals surface area contributed by atoms with Crippen LogP contribution in [0.2, 0.25) is 5.02 Å². The first kappa shape index (κ1) is 20.9. The van der Waals surface area contributed by atoms with Crippen LogP contribution in [-0.4, -0.2) is 42.3 Å². The van der Waals surface area contributed by atoms with Crippen LogP contribution in [0.1, 0.15) is 40.5 Å².